The van der Waals surface area contributed by atoms with Crippen molar-refractivity contribution in [2.45, 2.75) is 26.8 Å². The number of rotatable bonds is 8. The lowest BCUT2D eigenvalue weighted by Crippen LogP contribution is -2.42. The van der Waals surface area contributed by atoms with E-state index in [1.54, 1.807) is 12.0 Å². The number of ether oxygens (including phenoxy) is 2. The van der Waals surface area contributed by atoms with Gasteiger partial charge in [0.15, 0.2) is 0 Å². The lowest BCUT2D eigenvalue weighted by atomic mass is 9.95. The van der Waals surface area contributed by atoms with Crippen LogP contribution in [-0.4, -0.2) is 44.8 Å². The van der Waals surface area contributed by atoms with E-state index in [1.165, 1.54) is 0 Å². The maximum Gasteiger partial charge on any atom is 0.317 e. The zero-order valence-electron chi connectivity index (χ0n) is 14.3. The topological polar surface area (TPSA) is 50.8 Å². The molecule has 0 aromatic heterocycles. The molecular formula is C17H28N2O3. The average molecular weight is 308 g/mol. The van der Waals surface area contributed by atoms with Crippen molar-refractivity contribution in [1.82, 2.24) is 10.2 Å². The van der Waals surface area contributed by atoms with E-state index >= 15 is 0 Å². The summed E-state index contributed by atoms with van der Waals surface area (Å²) in [5, 5.41) is 2.88. The minimum atomic E-state index is -0.0887. The van der Waals surface area contributed by atoms with Crippen LogP contribution in [0, 0.1) is 5.92 Å². The molecule has 1 rings (SSSR count). The van der Waals surface area contributed by atoms with Crippen molar-refractivity contribution < 1.29 is 14.3 Å². The van der Waals surface area contributed by atoms with Crippen LogP contribution in [0.25, 0.3) is 0 Å². The molecule has 1 N–H and O–H groups in total. The van der Waals surface area contributed by atoms with Crippen LogP contribution in [0.4, 0.5) is 4.79 Å². The summed E-state index contributed by atoms with van der Waals surface area (Å²) in [4.78, 5) is 14.0. The highest BCUT2D eigenvalue weighted by Gasteiger charge is 2.24. The van der Waals surface area contributed by atoms with E-state index in [4.69, 9.17) is 9.47 Å². The average Bonchev–Trinajstić information content (AvgIpc) is 2.51. The number of urea groups is 1. The van der Waals surface area contributed by atoms with Gasteiger partial charge in [0.2, 0.25) is 0 Å². The second-order valence-electron chi connectivity index (χ2n) is 5.50. The van der Waals surface area contributed by atoms with Crippen molar-refractivity contribution in [1.29, 1.82) is 0 Å². The predicted molar refractivity (Wildman–Crippen MR) is 88.2 cm³/mol. The Bertz CT molecular complexity index is 446. The molecule has 0 bridgehead atoms. The molecule has 0 unspecified atom stereocenters. The summed E-state index contributed by atoms with van der Waals surface area (Å²) in [5.74, 6) is 1.12. The molecule has 0 spiro atoms. The molecule has 22 heavy (non-hydrogen) atoms. The van der Waals surface area contributed by atoms with E-state index in [0.29, 0.717) is 25.7 Å². The first-order chi connectivity index (χ1) is 10.5. The minimum Gasteiger partial charge on any atom is -0.497 e. The second kappa shape index (κ2) is 9.30. The highest BCUT2D eigenvalue weighted by Crippen LogP contribution is 2.28. The zero-order chi connectivity index (χ0) is 16.5. The van der Waals surface area contributed by atoms with Crippen molar-refractivity contribution in [3.8, 4) is 5.75 Å². The number of hydrogen-bond acceptors (Lipinski definition) is 3. The molecule has 0 aliphatic rings. The number of benzene rings is 1. The van der Waals surface area contributed by atoms with E-state index in [0.717, 1.165) is 11.3 Å². The molecule has 0 aliphatic heterocycles. The van der Waals surface area contributed by atoms with Gasteiger partial charge in [0, 0.05) is 20.2 Å². The third-order valence-electron chi connectivity index (χ3n) is 3.55. The normalized spacial score (nSPS) is 12.1. The Balaban J connectivity index is 2.74. The van der Waals surface area contributed by atoms with Crippen LogP contribution in [0.1, 0.15) is 32.4 Å². The van der Waals surface area contributed by atoms with Crippen LogP contribution in [0.2, 0.25) is 0 Å². The van der Waals surface area contributed by atoms with Gasteiger partial charge >= 0.3 is 6.03 Å². The number of methoxy groups -OCH3 is 1. The molecule has 0 fully saturated rings. The fourth-order valence-corrected chi connectivity index (χ4v) is 2.48. The van der Waals surface area contributed by atoms with Crippen molar-refractivity contribution in [2.24, 2.45) is 5.92 Å². The number of carbonyl (C=O) groups excluding carboxylic acids is 1. The third-order valence-corrected chi connectivity index (χ3v) is 3.55. The van der Waals surface area contributed by atoms with E-state index in [1.807, 2.05) is 38.2 Å². The summed E-state index contributed by atoms with van der Waals surface area (Å²) in [7, 11) is 3.47. The number of amides is 2. The van der Waals surface area contributed by atoms with Crippen LogP contribution in [0.3, 0.4) is 0 Å². The molecule has 1 atom stereocenters. The number of nitrogens with zero attached hydrogens (tertiary/aromatic N) is 1. The lowest BCUT2D eigenvalue weighted by molar-refractivity contribution is 0.141. The van der Waals surface area contributed by atoms with Crippen LogP contribution >= 0.6 is 0 Å². The quantitative estimate of drug-likeness (QED) is 0.751. The highest BCUT2D eigenvalue weighted by molar-refractivity contribution is 5.74. The molecule has 5 heteroatoms. The summed E-state index contributed by atoms with van der Waals surface area (Å²) in [5.41, 5.74) is 1.10. The zero-order valence-corrected chi connectivity index (χ0v) is 14.3. The summed E-state index contributed by atoms with van der Waals surface area (Å²) >= 11 is 0. The Hall–Kier alpha value is -1.75. The standard InChI is InChI=1S/C17H28N2O3/c1-6-22-12-11-18-17(20)19(4)16(13(2)3)14-7-9-15(21-5)10-8-14/h7-10,13,16H,6,11-12H2,1-5H3,(H,18,20)/t16-/m1/s1. The smallest absolute Gasteiger partial charge is 0.317 e. The Morgan fingerprint density at radius 1 is 1.27 bits per heavy atom. The molecule has 0 saturated carbocycles. The van der Waals surface area contributed by atoms with Gasteiger partial charge in [-0.3, -0.25) is 0 Å². The summed E-state index contributed by atoms with van der Waals surface area (Å²) in [6, 6.07) is 7.78. The molecule has 0 radical (unpaired) electrons. The lowest BCUT2D eigenvalue weighted by Gasteiger charge is -2.32. The molecule has 0 aliphatic carbocycles. The first-order valence-corrected chi connectivity index (χ1v) is 7.73. The molecule has 1 aromatic carbocycles. The van der Waals surface area contributed by atoms with Crippen LogP contribution in [0.15, 0.2) is 24.3 Å². The third kappa shape index (κ3) is 5.22. The van der Waals surface area contributed by atoms with Crippen molar-refractivity contribution in [2.75, 3.05) is 33.9 Å². The van der Waals surface area contributed by atoms with Gasteiger partial charge < -0.3 is 19.7 Å². The highest BCUT2D eigenvalue weighted by atomic mass is 16.5. The van der Waals surface area contributed by atoms with Crippen LogP contribution in [-0.2, 0) is 4.74 Å². The molecular weight excluding hydrogens is 280 g/mol. The van der Waals surface area contributed by atoms with E-state index in [-0.39, 0.29) is 12.1 Å². The summed E-state index contributed by atoms with van der Waals surface area (Å²) in [6.45, 7) is 7.87. The number of nitrogens with one attached hydrogen (secondary N) is 1. The van der Waals surface area contributed by atoms with E-state index in [2.05, 4.69) is 19.2 Å². The molecule has 124 valence electrons. The maximum atomic E-state index is 12.3. The molecule has 5 nitrogen and oxygen atoms in total. The summed E-state index contributed by atoms with van der Waals surface area (Å²) in [6.07, 6.45) is 0. The minimum absolute atomic E-state index is 0.0120. The van der Waals surface area contributed by atoms with Gasteiger partial charge in [-0.25, -0.2) is 4.79 Å². The fourth-order valence-electron chi connectivity index (χ4n) is 2.48. The number of carbonyl (C=O) groups is 1. The molecule has 2 amide bonds. The summed E-state index contributed by atoms with van der Waals surface area (Å²) < 4.78 is 10.4. The predicted octanol–water partition coefficient (Wildman–Crippen LogP) is 3.07. The second-order valence-corrected chi connectivity index (χ2v) is 5.50. The first-order valence-electron chi connectivity index (χ1n) is 7.73. The van der Waals surface area contributed by atoms with Gasteiger partial charge in [0.1, 0.15) is 5.75 Å². The largest absolute Gasteiger partial charge is 0.497 e. The van der Waals surface area contributed by atoms with E-state index in [9.17, 15) is 4.79 Å². The van der Waals surface area contributed by atoms with Crippen LogP contribution < -0.4 is 10.1 Å². The van der Waals surface area contributed by atoms with Gasteiger partial charge in [-0.15, -0.1) is 0 Å². The Kier molecular flexibility index (Phi) is 7.74. The Labute approximate surface area is 133 Å². The van der Waals surface area contributed by atoms with Gasteiger partial charge in [0.25, 0.3) is 0 Å². The maximum absolute atomic E-state index is 12.3. The Morgan fingerprint density at radius 2 is 1.91 bits per heavy atom. The van der Waals surface area contributed by atoms with Gasteiger partial charge in [-0.05, 0) is 30.5 Å². The fraction of sp³-hybridized carbons (Fsp3) is 0.588. The molecule has 0 saturated heterocycles. The van der Waals surface area contributed by atoms with Crippen molar-refractivity contribution in [3.05, 3.63) is 29.8 Å². The Morgan fingerprint density at radius 3 is 2.41 bits per heavy atom. The van der Waals surface area contributed by atoms with E-state index < -0.39 is 0 Å². The van der Waals surface area contributed by atoms with Crippen molar-refractivity contribution >= 4 is 6.03 Å². The van der Waals surface area contributed by atoms with Crippen molar-refractivity contribution in [3.63, 3.8) is 0 Å². The van der Waals surface area contributed by atoms with Crippen LogP contribution in [0.5, 0.6) is 5.75 Å². The SMILES string of the molecule is CCOCCNC(=O)N(C)[C@@H](c1ccc(OC)cc1)C(C)C. The molecule has 1 aromatic rings. The van der Waals surface area contributed by atoms with Gasteiger partial charge in [-0.2, -0.15) is 0 Å². The first kappa shape index (κ1) is 18.3. The van der Waals surface area contributed by atoms with Gasteiger partial charge in [0.05, 0.1) is 19.8 Å². The number of hydrogen-bond donors (Lipinski definition) is 1. The van der Waals surface area contributed by atoms with Gasteiger partial charge in [-0.1, -0.05) is 26.0 Å². The molecule has 0 heterocycles. The monoisotopic (exact) mass is 308 g/mol.